The lowest BCUT2D eigenvalue weighted by atomic mass is 9.84. The van der Waals surface area contributed by atoms with Crippen molar-refractivity contribution >= 4 is 18.0 Å². The van der Waals surface area contributed by atoms with Gasteiger partial charge in [0.1, 0.15) is 5.54 Å². The molecule has 0 fully saturated rings. The predicted molar refractivity (Wildman–Crippen MR) is 75.6 cm³/mol. The number of carbonyl (C=O) groups excluding carboxylic acids is 2. The van der Waals surface area contributed by atoms with E-state index in [1.807, 2.05) is 20.8 Å². The molecule has 0 heterocycles. The van der Waals surface area contributed by atoms with E-state index in [2.05, 4.69) is 10.1 Å². The van der Waals surface area contributed by atoms with Crippen molar-refractivity contribution in [1.29, 1.82) is 0 Å². The van der Waals surface area contributed by atoms with Gasteiger partial charge in [-0.15, -0.1) is 0 Å². The van der Waals surface area contributed by atoms with Crippen molar-refractivity contribution in [3.63, 3.8) is 0 Å². The van der Waals surface area contributed by atoms with Gasteiger partial charge in [0, 0.05) is 13.8 Å². The van der Waals surface area contributed by atoms with Crippen molar-refractivity contribution in [3.8, 4) is 0 Å². The molecule has 122 valence electrons. The van der Waals surface area contributed by atoms with Crippen LogP contribution in [0.1, 0.15) is 54.4 Å². The van der Waals surface area contributed by atoms with Gasteiger partial charge in [-0.25, -0.2) is 9.59 Å². The Hall–Kier alpha value is -1.79. The number of amides is 1. The largest absolute Gasteiger partial charge is 0.480 e. The summed E-state index contributed by atoms with van der Waals surface area (Å²) in [5.41, 5.74) is -1.51. The maximum atomic E-state index is 11.7. The number of rotatable bonds is 6. The topological polar surface area (TPSA) is 102 Å². The molecule has 0 saturated heterocycles. The fourth-order valence-corrected chi connectivity index (χ4v) is 1.51. The smallest absolute Gasteiger partial charge is 0.411 e. The summed E-state index contributed by atoms with van der Waals surface area (Å²) >= 11 is 0. The van der Waals surface area contributed by atoms with Gasteiger partial charge in [0.05, 0.1) is 0 Å². The van der Waals surface area contributed by atoms with Crippen molar-refractivity contribution in [2.45, 2.75) is 66.2 Å². The molecular formula is C14H25NO6. The van der Waals surface area contributed by atoms with E-state index in [1.54, 1.807) is 0 Å². The van der Waals surface area contributed by atoms with E-state index in [9.17, 15) is 19.5 Å². The number of aliphatic carboxylic acids is 1. The van der Waals surface area contributed by atoms with Crippen molar-refractivity contribution in [1.82, 2.24) is 5.32 Å². The third-order valence-electron chi connectivity index (χ3n) is 2.83. The van der Waals surface area contributed by atoms with Crippen LogP contribution in [0, 0.1) is 5.41 Å². The fourth-order valence-electron chi connectivity index (χ4n) is 1.51. The van der Waals surface area contributed by atoms with Crippen molar-refractivity contribution in [2.24, 2.45) is 5.41 Å². The first-order chi connectivity index (χ1) is 9.35. The van der Waals surface area contributed by atoms with E-state index >= 15 is 0 Å². The van der Waals surface area contributed by atoms with Gasteiger partial charge in [0.25, 0.3) is 0 Å². The molecule has 0 aromatic rings. The molecule has 0 aliphatic carbocycles. The molecule has 0 spiro atoms. The number of carboxylic acids is 1. The van der Waals surface area contributed by atoms with E-state index < -0.39 is 29.9 Å². The number of alkyl carbamates (subject to hydrolysis) is 1. The summed E-state index contributed by atoms with van der Waals surface area (Å²) in [6.07, 6.45) is -1.16. The normalized spacial score (nSPS) is 15.5. The number of esters is 1. The highest BCUT2D eigenvalue weighted by Gasteiger charge is 2.36. The zero-order chi connectivity index (χ0) is 16.8. The molecule has 0 bridgehead atoms. The summed E-state index contributed by atoms with van der Waals surface area (Å²) in [5.74, 6) is -1.74. The van der Waals surface area contributed by atoms with Crippen LogP contribution in [0.25, 0.3) is 0 Å². The second-order valence-corrected chi connectivity index (χ2v) is 6.41. The average molecular weight is 303 g/mol. The average Bonchev–Trinajstić information content (AvgIpc) is 2.23. The Bertz CT molecular complexity index is 401. The summed E-state index contributed by atoms with van der Waals surface area (Å²) < 4.78 is 9.42. The van der Waals surface area contributed by atoms with Crippen LogP contribution in [0.5, 0.6) is 0 Å². The van der Waals surface area contributed by atoms with Gasteiger partial charge in [-0.05, 0) is 25.2 Å². The van der Waals surface area contributed by atoms with Crippen LogP contribution in [-0.4, -0.2) is 35.0 Å². The molecule has 7 nitrogen and oxygen atoms in total. The van der Waals surface area contributed by atoms with Gasteiger partial charge in [-0.1, -0.05) is 20.8 Å². The Morgan fingerprint density at radius 1 is 1.10 bits per heavy atom. The summed E-state index contributed by atoms with van der Waals surface area (Å²) in [5, 5.41) is 11.6. The monoisotopic (exact) mass is 303 g/mol. The zero-order valence-electron chi connectivity index (χ0n) is 13.5. The highest BCUT2D eigenvalue weighted by Crippen LogP contribution is 2.26. The van der Waals surface area contributed by atoms with Crippen LogP contribution in [0.2, 0.25) is 0 Å². The van der Waals surface area contributed by atoms with E-state index in [0.717, 1.165) is 0 Å². The number of carbonyl (C=O) groups is 3. The van der Waals surface area contributed by atoms with Crippen LogP contribution in [0.15, 0.2) is 0 Å². The maximum absolute atomic E-state index is 11.7. The second-order valence-electron chi connectivity index (χ2n) is 6.41. The first-order valence-corrected chi connectivity index (χ1v) is 6.75. The first-order valence-electron chi connectivity index (χ1n) is 6.75. The molecule has 2 atom stereocenters. The standard InChI is InChI=1S/C14H25NO6/c1-9(16)20-10(2)21-12(19)15-14(6,11(17)18)8-7-13(3,4)5/h10H,7-8H2,1-6H3,(H,15,19)(H,17,18)/t10-,14+/m1/s1. The molecule has 0 unspecified atom stereocenters. The van der Waals surface area contributed by atoms with Crippen LogP contribution in [0.4, 0.5) is 4.79 Å². The van der Waals surface area contributed by atoms with Crippen LogP contribution in [0.3, 0.4) is 0 Å². The summed E-state index contributed by atoms with van der Waals surface area (Å²) in [4.78, 5) is 33.8. The SMILES string of the molecule is CC(=O)O[C@@H](C)OC(=O)N[C@@](C)(CCC(C)(C)C)C(=O)O. The van der Waals surface area contributed by atoms with Crippen molar-refractivity contribution in [2.75, 3.05) is 0 Å². The Morgan fingerprint density at radius 3 is 2.00 bits per heavy atom. The molecule has 0 rings (SSSR count). The molecule has 7 heteroatoms. The van der Waals surface area contributed by atoms with E-state index in [0.29, 0.717) is 6.42 Å². The number of carboxylic acid groups (broad SMARTS) is 1. The third-order valence-corrected chi connectivity index (χ3v) is 2.83. The Kier molecular flexibility index (Phi) is 6.66. The van der Waals surface area contributed by atoms with Crippen LogP contribution >= 0.6 is 0 Å². The molecule has 21 heavy (non-hydrogen) atoms. The summed E-state index contributed by atoms with van der Waals surface area (Å²) in [7, 11) is 0. The summed E-state index contributed by atoms with van der Waals surface area (Å²) in [6, 6.07) is 0. The fraction of sp³-hybridized carbons (Fsp3) is 0.786. The van der Waals surface area contributed by atoms with E-state index in [-0.39, 0.29) is 11.8 Å². The maximum Gasteiger partial charge on any atom is 0.411 e. The minimum atomic E-state index is -1.44. The Balaban J connectivity index is 4.66. The minimum absolute atomic E-state index is 0.0622. The zero-order valence-corrected chi connectivity index (χ0v) is 13.5. The van der Waals surface area contributed by atoms with E-state index in [1.165, 1.54) is 20.8 Å². The molecule has 0 saturated carbocycles. The highest BCUT2D eigenvalue weighted by atomic mass is 16.7. The molecule has 0 aliphatic rings. The van der Waals surface area contributed by atoms with Gasteiger partial charge in [0.15, 0.2) is 0 Å². The minimum Gasteiger partial charge on any atom is -0.480 e. The molecule has 0 aromatic carbocycles. The van der Waals surface area contributed by atoms with Crippen molar-refractivity contribution in [3.05, 3.63) is 0 Å². The molecule has 0 radical (unpaired) electrons. The Labute approximate surface area is 125 Å². The van der Waals surface area contributed by atoms with Crippen LogP contribution < -0.4 is 5.32 Å². The third kappa shape index (κ3) is 8.16. The lowest BCUT2D eigenvalue weighted by molar-refractivity contribution is -0.163. The van der Waals surface area contributed by atoms with Gasteiger partial charge < -0.3 is 19.9 Å². The number of hydrogen-bond acceptors (Lipinski definition) is 5. The van der Waals surface area contributed by atoms with Gasteiger partial charge in [0.2, 0.25) is 6.29 Å². The molecule has 2 N–H and O–H groups in total. The molecule has 0 aliphatic heterocycles. The molecular weight excluding hydrogens is 278 g/mol. The van der Waals surface area contributed by atoms with Crippen LogP contribution in [-0.2, 0) is 19.1 Å². The number of hydrogen-bond donors (Lipinski definition) is 2. The predicted octanol–water partition coefficient (Wildman–Crippen LogP) is 2.29. The highest BCUT2D eigenvalue weighted by molar-refractivity contribution is 5.83. The lowest BCUT2D eigenvalue weighted by Crippen LogP contribution is -2.53. The molecule has 0 aromatic heterocycles. The number of ether oxygens (including phenoxy) is 2. The first kappa shape index (κ1) is 19.2. The lowest BCUT2D eigenvalue weighted by Gasteiger charge is -2.29. The quantitative estimate of drug-likeness (QED) is 0.576. The Morgan fingerprint density at radius 2 is 1.62 bits per heavy atom. The summed E-state index contributed by atoms with van der Waals surface area (Å²) in [6.45, 7) is 9.92. The van der Waals surface area contributed by atoms with Gasteiger partial charge in [-0.3, -0.25) is 4.79 Å². The van der Waals surface area contributed by atoms with Gasteiger partial charge >= 0.3 is 18.0 Å². The second kappa shape index (κ2) is 7.28. The van der Waals surface area contributed by atoms with E-state index in [4.69, 9.17) is 4.74 Å². The van der Waals surface area contributed by atoms with Gasteiger partial charge in [-0.2, -0.15) is 0 Å². The molecule has 1 amide bonds. The number of nitrogens with one attached hydrogen (secondary N) is 1. The van der Waals surface area contributed by atoms with Crippen molar-refractivity contribution < 1.29 is 29.0 Å².